The molecule has 3 rings (SSSR count). The van der Waals surface area contributed by atoms with Crippen molar-refractivity contribution in [3.63, 3.8) is 0 Å². The Hall–Kier alpha value is -2.03. The summed E-state index contributed by atoms with van der Waals surface area (Å²) in [5, 5.41) is 3.53. The van der Waals surface area contributed by atoms with Gasteiger partial charge >= 0.3 is 0 Å². The molecule has 1 aliphatic rings. The summed E-state index contributed by atoms with van der Waals surface area (Å²) in [5.41, 5.74) is 3.96. The van der Waals surface area contributed by atoms with Crippen LogP contribution >= 0.6 is 0 Å². The van der Waals surface area contributed by atoms with Gasteiger partial charge in [0.15, 0.2) is 0 Å². The minimum atomic E-state index is 0.0274. The van der Waals surface area contributed by atoms with Gasteiger partial charge in [0.25, 0.3) is 0 Å². The maximum atomic E-state index is 11.4. The lowest BCUT2D eigenvalue weighted by Gasteiger charge is -2.26. The lowest BCUT2D eigenvalue weighted by molar-refractivity contribution is 0.610. The first-order chi connectivity index (χ1) is 9.22. The second kappa shape index (κ2) is 4.92. The highest BCUT2D eigenvalue weighted by molar-refractivity contribution is 5.43. The molecule has 0 aliphatic heterocycles. The molecular formula is C16H18N2O. The predicted molar refractivity (Wildman–Crippen MR) is 77.6 cm³/mol. The number of aryl methyl sites for hydroxylation is 2. The summed E-state index contributed by atoms with van der Waals surface area (Å²) in [4.78, 5) is 11.4. The van der Waals surface area contributed by atoms with E-state index in [0.29, 0.717) is 6.04 Å². The van der Waals surface area contributed by atoms with E-state index in [4.69, 9.17) is 0 Å². The van der Waals surface area contributed by atoms with Gasteiger partial charge in [0.05, 0.1) is 5.69 Å². The molecule has 0 fully saturated rings. The number of benzene rings is 1. The third kappa shape index (κ3) is 2.55. The van der Waals surface area contributed by atoms with E-state index in [-0.39, 0.29) is 5.56 Å². The molecule has 1 heterocycles. The molecule has 0 saturated carbocycles. The van der Waals surface area contributed by atoms with Crippen LogP contribution in [0.5, 0.6) is 0 Å². The van der Waals surface area contributed by atoms with Gasteiger partial charge in [-0.15, -0.1) is 0 Å². The van der Waals surface area contributed by atoms with E-state index in [2.05, 4.69) is 29.6 Å². The fourth-order valence-electron chi connectivity index (χ4n) is 2.74. The topological polar surface area (TPSA) is 34.0 Å². The van der Waals surface area contributed by atoms with Crippen LogP contribution in [0, 0.1) is 0 Å². The minimum Gasteiger partial charge on any atom is -0.381 e. The van der Waals surface area contributed by atoms with Crippen molar-refractivity contribution in [3.8, 4) is 0 Å². The highest BCUT2D eigenvalue weighted by atomic mass is 16.1. The van der Waals surface area contributed by atoms with Crippen molar-refractivity contribution < 1.29 is 0 Å². The average molecular weight is 254 g/mol. The third-order valence-electron chi connectivity index (χ3n) is 3.80. The van der Waals surface area contributed by atoms with Crippen LogP contribution in [0.2, 0.25) is 0 Å². The molecular weight excluding hydrogens is 236 g/mol. The number of rotatable bonds is 2. The van der Waals surface area contributed by atoms with E-state index < -0.39 is 0 Å². The van der Waals surface area contributed by atoms with Crippen molar-refractivity contribution in [1.29, 1.82) is 0 Å². The van der Waals surface area contributed by atoms with Crippen molar-refractivity contribution in [2.24, 2.45) is 7.05 Å². The molecule has 3 heteroatoms. The van der Waals surface area contributed by atoms with Gasteiger partial charge in [-0.2, -0.15) is 0 Å². The van der Waals surface area contributed by atoms with E-state index >= 15 is 0 Å². The Kier molecular flexibility index (Phi) is 3.11. The van der Waals surface area contributed by atoms with E-state index in [0.717, 1.165) is 24.9 Å². The van der Waals surface area contributed by atoms with Crippen LogP contribution in [-0.2, 0) is 19.9 Å². The van der Waals surface area contributed by atoms with E-state index in [1.807, 2.05) is 12.3 Å². The molecule has 98 valence electrons. The predicted octanol–water partition coefficient (Wildman–Crippen LogP) is 2.35. The summed E-state index contributed by atoms with van der Waals surface area (Å²) in [5.74, 6) is 0. The summed E-state index contributed by atoms with van der Waals surface area (Å²) in [6.45, 7) is 0. The smallest absolute Gasteiger partial charge is 0.250 e. The van der Waals surface area contributed by atoms with Crippen LogP contribution in [0.25, 0.3) is 0 Å². The van der Waals surface area contributed by atoms with Crippen LogP contribution in [0.4, 0.5) is 5.69 Å². The van der Waals surface area contributed by atoms with Crippen LogP contribution in [0.1, 0.15) is 17.5 Å². The molecule has 1 atom stereocenters. The molecule has 3 nitrogen and oxygen atoms in total. The molecule has 0 amide bonds. The number of nitrogens with one attached hydrogen (secondary N) is 1. The number of aromatic nitrogens is 1. The van der Waals surface area contributed by atoms with Crippen molar-refractivity contribution >= 4 is 5.69 Å². The Morgan fingerprint density at radius 3 is 2.74 bits per heavy atom. The molecule has 19 heavy (non-hydrogen) atoms. The third-order valence-corrected chi connectivity index (χ3v) is 3.80. The zero-order chi connectivity index (χ0) is 13.2. The Bertz CT molecular complexity index is 645. The van der Waals surface area contributed by atoms with Gasteiger partial charge in [-0.05, 0) is 36.5 Å². The molecule has 1 aliphatic carbocycles. The number of fused-ring (bicyclic) bond motifs is 1. The molecule has 1 aromatic heterocycles. The average Bonchev–Trinajstić information content (AvgIpc) is 2.43. The molecule has 0 saturated heterocycles. The van der Waals surface area contributed by atoms with Crippen molar-refractivity contribution in [2.45, 2.75) is 25.3 Å². The van der Waals surface area contributed by atoms with Crippen molar-refractivity contribution in [2.75, 3.05) is 5.32 Å². The lowest BCUT2D eigenvalue weighted by atomic mass is 9.88. The highest BCUT2D eigenvalue weighted by Crippen LogP contribution is 2.23. The first-order valence-corrected chi connectivity index (χ1v) is 6.72. The fourth-order valence-corrected chi connectivity index (χ4v) is 2.74. The Morgan fingerprint density at radius 1 is 1.16 bits per heavy atom. The summed E-state index contributed by atoms with van der Waals surface area (Å²) in [7, 11) is 1.78. The molecule has 1 N–H and O–H groups in total. The fraction of sp³-hybridized carbons (Fsp3) is 0.312. The molecule has 1 aromatic carbocycles. The first kappa shape index (κ1) is 12.0. The normalized spacial score (nSPS) is 17.8. The first-order valence-electron chi connectivity index (χ1n) is 6.72. The largest absolute Gasteiger partial charge is 0.381 e. The van der Waals surface area contributed by atoms with Crippen molar-refractivity contribution in [1.82, 2.24) is 4.57 Å². The summed E-state index contributed by atoms with van der Waals surface area (Å²) >= 11 is 0. The summed E-state index contributed by atoms with van der Waals surface area (Å²) < 4.78 is 1.61. The van der Waals surface area contributed by atoms with Gasteiger partial charge in [-0.25, -0.2) is 0 Å². The minimum absolute atomic E-state index is 0.0274. The van der Waals surface area contributed by atoms with Gasteiger partial charge < -0.3 is 9.88 Å². The maximum absolute atomic E-state index is 11.4. The Balaban J connectivity index is 1.75. The Labute approximate surface area is 112 Å². The molecule has 2 aromatic rings. The maximum Gasteiger partial charge on any atom is 0.250 e. The zero-order valence-electron chi connectivity index (χ0n) is 11.1. The highest BCUT2D eigenvalue weighted by Gasteiger charge is 2.17. The van der Waals surface area contributed by atoms with Crippen LogP contribution in [0.15, 0.2) is 47.4 Å². The monoisotopic (exact) mass is 254 g/mol. The van der Waals surface area contributed by atoms with Crippen LogP contribution < -0.4 is 10.9 Å². The summed E-state index contributed by atoms with van der Waals surface area (Å²) in [6, 6.07) is 12.6. The van der Waals surface area contributed by atoms with E-state index in [1.54, 1.807) is 17.7 Å². The van der Waals surface area contributed by atoms with Crippen LogP contribution in [-0.4, -0.2) is 10.6 Å². The SMILES string of the molecule is Cn1cc(NC2CCc3ccccc3C2)ccc1=O. The number of anilines is 1. The standard InChI is InChI=1S/C16H18N2O/c1-18-11-15(8-9-16(18)19)17-14-7-6-12-4-2-3-5-13(12)10-14/h2-5,8-9,11,14,17H,6-7,10H2,1H3. The van der Waals surface area contributed by atoms with Gasteiger partial charge in [0.1, 0.15) is 0 Å². The van der Waals surface area contributed by atoms with Gasteiger partial charge in [-0.3, -0.25) is 4.79 Å². The van der Waals surface area contributed by atoms with E-state index in [1.165, 1.54) is 11.1 Å². The second-order valence-electron chi connectivity index (χ2n) is 5.22. The van der Waals surface area contributed by atoms with Crippen LogP contribution in [0.3, 0.4) is 0 Å². The second-order valence-corrected chi connectivity index (χ2v) is 5.22. The van der Waals surface area contributed by atoms with Gasteiger partial charge in [0, 0.05) is 25.4 Å². The molecule has 0 radical (unpaired) electrons. The lowest BCUT2D eigenvalue weighted by Crippen LogP contribution is -2.28. The number of nitrogens with zero attached hydrogens (tertiary/aromatic N) is 1. The van der Waals surface area contributed by atoms with Gasteiger partial charge in [-0.1, -0.05) is 24.3 Å². The van der Waals surface area contributed by atoms with Crippen molar-refractivity contribution in [3.05, 3.63) is 64.1 Å². The summed E-state index contributed by atoms with van der Waals surface area (Å²) in [6.07, 6.45) is 5.18. The number of pyridine rings is 1. The molecule has 0 bridgehead atoms. The molecule has 1 unspecified atom stereocenters. The quantitative estimate of drug-likeness (QED) is 0.892. The zero-order valence-corrected chi connectivity index (χ0v) is 11.1. The van der Waals surface area contributed by atoms with E-state index in [9.17, 15) is 4.79 Å². The Morgan fingerprint density at radius 2 is 1.95 bits per heavy atom. The number of hydrogen-bond acceptors (Lipinski definition) is 2. The van der Waals surface area contributed by atoms with Gasteiger partial charge in [0.2, 0.25) is 5.56 Å². The number of hydrogen-bond donors (Lipinski definition) is 1. The molecule has 0 spiro atoms.